The molecule has 0 aliphatic heterocycles. The predicted molar refractivity (Wildman–Crippen MR) is 140 cm³/mol. The first-order valence-electron chi connectivity index (χ1n) is 13.4. The maximum Gasteiger partial charge on any atom is 0.247 e. The molecule has 36 heavy (non-hydrogen) atoms. The molecular formula is C29H38N4O3. The summed E-state index contributed by atoms with van der Waals surface area (Å²) in [6, 6.07) is 12.9. The zero-order chi connectivity index (χ0) is 25.3. The van der Waals surface area contributed by atoms with E-state index in [0.717, 1.165) is 62.5 Å². The van der Waals surface area contributed by atoms with Crippen LogP contribution in [-0.2, 0) is 14.4 Å². The van der Waals surface area contributed by atoms with Crippen LogP contribution < -0.4 is 10.6 Å². The molecule has 1 aromatic heterocycles. The van der Waals surface area contributed by atoms with Crippen LogP contribution in [0.2, 0.25) is 0 Å². The number of nitrogens with zero attached hydrogens (tertiary/aromatic N) is 2. The van der Waals surface area contributed by atoms with E-state index in [1.165, 1.54) is 0 Å². The van der Waals surface area contributed by atoms with Gasteiger partial charge in [0, 0.05) is 31.1 Å². The molecule has 2 saturated carbocycles. The molecule has 0 radical (unpaired) electrons. The maximum atomic E-state index is 13.7. The van der Waals surface area contributed by atoms with Crippen molar-refractivity contribution in [3.8, 4) is 0 Å². The van der Waals surface area contributed by atoms with Gasteiger partial charge < -0.3 is 15.5 Å². The second kappa shape index (κ2) is 12.7. The summed E-state index contributed by atoms with van der Waals surface area (Å²) in [7, 11) is 0. The number of rotatable bonds is 10. The molecule has 0 bridgehead atoms. The van der Waals surface area contributed by atoms with Crippen LogP contribution in [0.5, 0.6) is 0 Å². The molecule has 1 unspecified atom stereocenters. The monoisotopic (exact) mass is 490 g/mol. The minimum Gasteiger partial charge on any atom is -0.351 e. The van der Waals surface area contributed by atoms with Gasteiger partial charge in [0.2, 0.25) is 17.7 Å². The van der Waals surface area contributed by atoms with Crippen molar-refractivity contribution in [2.75, 3.05) is 5.32 Å². The van der Waals surface area contributed by atoms with Crippen LogP contribution in [0.15, 0.2) is 48.7 Å². The Morgan fingerprint density at radius 1 is 0.944 bits per heavy atom. The minimum atomic E-state index is -0.649. The lowest BCUT2D eigenvalue weighted by molar-refractivity contribution is -0.144. The third kappa shape index (κ3) is 6.93. The first-order chi connectivity index (χ1) is 17.5. The van der Waals surface area contributed by atoms with Crippen molar-refractivity contribution < 1.29 is 14.4 Å². The van der Waals surface area contributed by atoms with Crippen molar-refractivity contribution in [3.05, 3.63) is 59.8 Å². The van der Waals surface area contributed by atoms with E-state index < -0.39 is 6.04 Å². The van der Waals surface area contributed by atoms with Crippen LogP contribution >= 0.6 is 0 Å². The van der Waals surface area contributed by atoms with Gasteiger partial charge in [0.1, 0.15) is 11.9 Å². The third-order valence-corrected chi connectivity index (χ3v) is 7.35. The first-order valence-corrected chi connectivity index (χ1v) is 13.4. The maximum absolute atomic E-state index is 13.7. The third-order valence-electron chi connectivity index (χ3n) is 7.35. The van der Waals surface area contributed by atoms with Crippen molar-refractivity contribution in [1.82, 2.24) is 15.2 Å². The number of aromatic nitrogens is 1. The molecule has 2 aromatic rings. The van der Waals surface area contributed by atoms with E-state index in [-0.39, 0.29) is 42.6 Å². The molecule has 7 heteroatoms. The Balaban J connectivity index is 1.48. The van der Waals surface area contributed by atoms with Gasteiger partial charge in [-0.05, 0) is 56.7 Å². The number of amides is 3. The Labute approximate surface area is 214 Å². The van der Waals surface area contributed by atoms with Crippen molar-refractivity contribution >= 4 is 23.5 Å². The number of hydrogen-bond donors (Lipinski definition) is 2. The van der Waals surface area contributed by atoms with Crippen molar-refractivity contribution in [1.29, 1.82) is 0 Å². The van der Waals surface area contributed by atoms with Gasteiger partial charge in [-0.1, -0.05) is 61.6 Å². The van der Waals surface area contributed by atoms with Crippen molar-refractivity contribution in [2.24, 2.45) is 0 Å². The highest BCUT2D eigenvalue weighted by Crippen LogP contribution is 2.33. The number of carbonyl (C=O) groups excluding carboxylic acids is 3. The van der Waals surface area contributed by atoms with Crippen LogP contribution in [-0.4, -0.2) is 39.7 Å². The molecule has 2 N–H and O–H groups in total. The van der Waals surface area contributed by atoms with Gasteiger partial charge in [0.05, 0.1) is 0 Å². The Morgan fingerprint density at radius 3 is 2.31 bits per heavy atom. The minimum absolute atomic E-state index is 0.0421. The summed E-state index contributed by atoms with van der Waals surface area (Å²) in [5, 5.41) is 6.02. The molecule has 2 aliphatic carbocycles. The van der Waals surface area contributed by atoms with Gasteiger partial charge in [-0.2, -0.15) is 0 Å². The van der Waals surface area contributed by atoms with E-state index >= 15 is 0 Å². The Hall–Kier alpha value is -3.22. The van der Waals surface area contributed by atoms with Gasteiger partial charge >= 0.3 is 0 Å². The number of aryl methyl sites for hydroxylation is 1. The number of anilines is 1. The molecule has 192 valence electrons. The Morgan fingerprint density at radius 2 is 1.64 bits per heavy atom. The van der Waals surface area contributed by atoms with E-state index in [1.807, 2.05) is 42.2 Å². The normalized spacial score (nSPS) is 17.0. The second-order valence-corrected chi connectivity index (χ2v) is 10.2. The molecule has 2 fully saturated rings. The molecule has 1 atom stereocenters. The molecule has 1 aromatic carbocycles. The van der Waals surface area contributed by atoms with Crippen LogP contribution in [0, 0.1) is 6.92 Å². The molecule has 2 aliphatic rings. The summed E-state index contributed by atoms with van der Waals surface area (Å²) >= 11 is 0. The van der Waals surface area contributed by atoms with E-state index in [2.05, 4.69) is 15.6 Å². The standard InChI is InChI=1S/C29H38N4O3/c1-21-16-18-22(19-17-21)28(29(36)31-23-9-2-3-10-23)33(24-11-4-5-12-24)27(35)15-8-14-26(34)32-25-13-6-7-20-30-25/h6-7,13,16-20,23-24,28H,2-5,8-12,14-15H2,1H3,(H,31,36)(H,30,32,34). The predicted octanol–water partition coefficient (Wildman–Crippen LogP) is 5.07. The molecule has 0 spiro atoms. The molecule has 1 heterocycles. The smallest absolute Gasteiger partial charge is 0.247 e. The van der Waals surface area contributed by atoms with E-state index in [9.17, 15) is 14.4 Å². The zero-order valence-corrected chi connectivity index (χ0v) is 21.2. The summed E-state index contributed by atoms with van der Waals surface area (Å²) < 4.78 is 0. The van der Waals surface area contributed by atoms with Crippen LogP contribution in [0.3, 0.4) is 0 Å². The summed E-state index contributed by atoms with van der Waals surface area (Å²) in [5.41, 5.74) is 1.97. The van der Waals surface area contributed by atoms with Crippen molar-refractivity contribution in [2.45, 2.75) is 95.7 Å². The molecule has 4 rings (SSSR count). The van der Waals surface area contributed by atoms with E-state index in [1.54, 1.807) is 18.3 Å². The SMILES string of the molecule is Cc1ccc(C(C(=O)NC2CCCC2)N(C(=O)CCCC(=O)Nc2ccccn2)C2CCCC2)cc1. The summed E-state index contributed by atoms with van der Waals surface area (Å²) in [6.45, 7) is 2.02. The van der Waals surface area contributed by atoms with Crippen LogP contribution in [0.1, 0.15) is 87.8 Å². The van der Waals surface area contributed by atoms with Gasteiger partial charge in [0.25, 0.3) is 0 Å². The first kappa shape index (κ1) is 25.9. The van der Waals surface area contributed by atoms with Gasteiger partial charge in [-0.3, -0.25) is 14.4 Å². The quantitative estimate of drug-likeness (QED) is 0.486. The average molecular weight is 491 g/mol. The van der Waals surface area contributed by atoms with Crippen molar-refractivity contribution in [3.63, 3.8) is 0 Å². The lowest BCUT2D eigenvalue weighted by Crippen LogP contribution is -2.49. The highest BCUT2D eigenvalue weighted by molar-refractivity contribution is 5.91. The lowest BCUT2D eigenvalue weighted by atomic mass is 9.98. The van der Waals surface area contributed by atoms with Crippen LogP contribution in [0.4, 0.5) is 5.82 Å². The summed E-state index contributed by atoms with van der Waals surface area (Å²) in [5.74, 6) is 0.200. The lowest BCUT2D eigenvalue weighted by Gasteiger charge is -2.37. The topological polar surface area (TPSA) is 91.4 Å². The number of carbonyl (C=O) groups is 3. The summed E-state index contributed by atoms with van der Waals surface area (Å²) in [6.07, 6.45) is 10.7. The van der Waals surface area contributed by atoms with Gasteiger partial charge in [-0.25, -0.2) is 4.98 Å². The highest BCUT2D eigenvalue weighted by Gasteiger charge is 2.38. The van der Waals surface area contributed by atoms with Crippen LogP contribution in [0.25, 0.3) is 0 Å². The number of hydrogen-bond acceptors (Lipinski definition) is 4. The van der Waals surface area contributed by atoms with E-state index in [4.69, 9.17) is 0 Å². The number of nitrogens with one attached hydrogen (secondary N) is 2. The molecule has 0 saturated heterocycles. The average Bonchev–Trinajstić information content (AvgIpc) is 3.58. The number of benzene rings is 1. The molecular weight excluding hydrogens is 452 g/mol. The fraction of sp³-hybridized carbons (Fsp3) is 0.517. The largest absolute Gasteiger partial charge is 0.351 e. The Kier molecular flexibility index (Phi) is 9.09. The zero-order valence-electron chi connectivity index (χ0n) is 21.2. The molecule has 7 nitrogen and oxygen atoms in total. The molecule has 3 amide bonds. The Bertz CT molecular complexity index is 1010. The summed E-state index contributed by atoms with van der Waals surface area (Å²) in [4.78, 5) is 45.7. The fourth-order valence-electron chi connectivity index (χ4n) is 5.45. The second-order valence-electron chi connectivity index (χ2n) is 10.2. The highest BCUT2D eigenvalue weighted by atomic mass is 16.2. The van der Waals surface area contributed by atoms with Gasteiger partial charge in [-0.15, -0.1) is 0 Å². The fourth-order valence-corrected chi connectivity index (χ4v) is 5.45. The van der Waals surface area contributed by atoms with E-state index in [0.29, 0.717) is 12.2 Å². The van der Waals surface area contributed by atoms with Gasteiger partial charge in [0.15, 0.2) is 0 Å². The number of pyridine rings is 1.